The van der Waals surface area contributed by atoms with Crippen molar-refractivity contribution in [2.45, 2.75) is 6.04 Å². The predicted octanol–water partition coefficient (Wildman–Crippen LogP) is 0.0147. The first kappa shape index (κ1) is 15.1. The van der Waals surface area contributed by atoms with Gasteiger partial charge in [0.05, 0.1) is 31.3 Å². The Morgan fingerprint density at radius 3 is 2.33 bits per heavy atom. The van der Waals surface area contributed by atoms with E-state index < -0.39 is 0 Å². The summed E-state index contributed by atoms with van der Waals surface area (Å²) in [7, 11) is 5.39. The van der Waals surface area contributed by atoms with Gasteiger partial charge in [-0.25, -0.2) is 4.98 Å². The van der Waals surface area contributed by atoms with E-state index in [1.165, 1.54) is 0 Å². The molecule has 0 radical (unpaired) electrons. The predicted molar refractivity (Wildman–Crippen MR) is 70.3 cm³/mol. The summed E-state index contributed by atoms with van der Waals surface area (Å²) in [6, 6.07) is 0.141. The normalized spacial score (nSPS) is 13.2. The quantitative estimate of drug-likeness (QED) is 0.674. The lowest BCUT2D eigenvalue weighted by atomic mass is 10.2. The van der Waals surface area contributed by atoms with Gasteiger partial charge in [0.15, 0.2) is 0 Å². The minimum absolute atomic E-state index is 0.141. The highest BCUT2D eigenvalue weighted by molar-refractivity contribution is 5.06. The van der Waals surface area contributed by atoms with E-state index >= 15 is 0 Å². The summed E-state index contributed by atoms with van der Waals surface area (Å²) in [5.41, 5.74) is 7.03. The Kier molecular flexibility index (Phi) is 6.89. The molecule has 0 spiro atoms. The van der Waals surface area contributed by atoms with Gasteiger partial charge >= 0.3 is 0 Å². The third-order valence-electron chi connectivity index (χ3n) is 3.02. The van der Waals surface area contributed by atoms with Crippen molar-refractivity contribution in [3.63, 3.8) is 0 Å². The van der Waals surface area contributed by atoms with Gasteiger partial charge in [-0.3, -0.25) is 4.90 Å². The van der Waals surface area contributed by atoms with Crippen LogP contribution in [0.4, 0.5) is 0 Å². The Morgan fingerprint density at radius 1 is 1.33 bits per heavy atom. The van der Waals surface area contributed by atoms with Crippen LogP contribution >= 0.6 is 0 Å². The number of aryl methyl sites for hydroxylation is 1. The van der Waals surface area contributed by atoms with E-state index in [-0.39, 0.29) is 6.04 Å². The lowest BCUT2D eigenvalue weighted by Gasteiger charge is -2.30. The van der Waals surface area contributed by atoms with Crippen LogP contribution in [0.1, 0.15) is 11.7 Å². The van der Waals surface area contributed by atoms with Crippen LogP contribution in [0, 0.1) is 0 Å². The van der Waals surface area contributed by atoms with Crippen LogP contribution in [0.15, 0.2) is 12.5 Å². The molecule has 0 saturated carbocycles. The van der Waals surface area contributed by atoms with Gasteiger partial charge in [0.1, 0.15) is 0 Å². The monoisotopic (exact) mass is 256 g/mol. The van der Waals surface area contributed by atoms with E-state index in [0.717, 1.165) is 18.8 Å². The molecule has 1 rings (SSSR count). The molecule has 18 heavy (non-hydrogen) atoms. The van der Waals surface area contributed by atoms with E-state index in [0.29, 0.717) is 19.8 Å². The molecule has 104 valence electrons. The fourth-order valence-corrected chi connectivity index (χ4v) is 1.99. The van der Waals surface area contributed by atoms with E-state index in [1.54, 1.807) is 20.5 Å². The molecule has 0 bridgehead atoms. The van der Waals surface area contributed by atoms with E-state index in [2.05, 4.69) is 9.88 Å². The minimum Gasteiger partial charge on any atom is -0.383 e. The summed E-state index contributed by atoms with van der Waals surface area (Å²) in [5.74, 6) is 0. The van der Waals surface area contributed by atoms with E-state index in [9.17, 15) is 0 Å². The summed E-state index contributed by atoms with van der Waals surface area (Å²) >= 11 is 0. The van der Waals surface area contributed by atoms with Crippen molar-refractivity contribution in [2.75, 3.05) is 47.1 Å². The van der Waals surface area contributed by atoms with Crippen molar-refractivity contribution in [3.8, 4) is 0 Å². The first-order valence-corrected chi connectivity index (χ1v) is 6.12. The number of hydrogen-bond acceptors (Lipinski definition) is 5. The highest BCUT2D eigenvalue weighted by atomic mass is 16.5. The number of imidazole rings is 1. The van der Waals surface area contributed by atoms with Crippen molar-refractivity contribution < 1.29 is 9.47 Å². The molecule has 0 saturated heterocycles. The van der Waals surface area contributed by atoms with Crippen molar-refractivity contribution in [3.05, 3.63) is 18.2 Å². The summed E-state index contributed by atoms with van der Waals surface area (Å²) in [5, 5.41) is 0. The maximum Gasteiger partial charge on any atom is 0.0946 e. The maximum absolute atomic E-state index is 5.91. The molecular weight excluding hydrogens is 232 g/mol. The SMILES string of the molecule is COCCN(CCOC)C(CN)c1cncn1C. The third-order valence-corrected chi connectivity index (χ3v) is 3.02. The summed E-state index contributed by atoms with van der Waals surface area (Å²) in [6.45, 7) is 3.56. The van der Waals surface area contributed by atoms with Gasteiger partial charge in [-0.1, -0.05) is 0 Å². The molecule has 0 fully saturated rings. The number of nitrogens with two attached hydrogens (primary N) is 1. The zero-order valence-corrected chi connectivity index (χ0v) is 11.5. The smallest absolute Gasteiger partial charge is 0.0946 e. The second-order valence-corrected chi connectivity index (χ2v) is 4.20. The lowest BCUT2D eigenvalue weighted by Crippen LogP contribution is -2.39. The molecule has 2 N–H and O–H groups in total. The fraction of sp³-hybridized carbons (Fsp3) is 0.750. The van der Waals surface area contributed by atoms with Gasteiger partial charge in [0.25, 0.3) is 0 Å². The van der Waals surface area contributed by atoms with Crippen LogP contribution in [0.5, 0.6) is 0 Å². The number of ether oxygens (including phenoxy) is 2. The standard InChI is InChI=1S/C12H24N4O2/c1-15-10-14-9-12(15)11(8-13)16(4-6-17-2)5-7-18-3/h9-11H,4-8,13H2,1-3H3. The first-order chi connectivity index (χ1) is 8.74. The second kappa shape index (κ2) is 8.20. The number of rotatable bonds is 9. The number of aromatic nitrogens is 2. The minimum atomic E-state index is 0.141. The maximum atomic E-state index is 5.91. The number of nitrogens with zero attached hydrogens (tertiary/aromatic N) is 3. The van der Waals surface area contributed by atoms with E-state index in [4.69, 9.17) is 15.2 Å². The molecule has 0 aliphatic rings. The largest absolute Gasteiger partial charge is 0.383 e. The molecule has 6 heteroatoms. The van der Waals surface area contributed by atoms with Crippen LogP contribution < -0.4 is 5.73 Å². The van der Waals surface area contributed by atoms with Crippen LogP contribution in [0.25, 0.3) is 0 Å². The average Bonchev–Trinajstić information content (AvgIpc) is 2.79. The third kappa shape index (κ3) is 4.06. The highest BCUT2D eigenvalue weighted by Gasteiger charge is 2.21. The second-order valence-electron chi connectivity index (χ2n) is 4.20. The summed E-state index contributed by atoms with van der Waals surface area (Å²) in [6.07, 6.45) is 3.66. The molecule has 0 aliphatic carbocycles. The summed E-state index contributed by atoms with van der Waals surface area (Å²) in [4.78, 5) is 6.42. The van der Waals surface area contributed by atoms with Gasteiger partial charge in [-0.05, 0) is 0 Å². The molecule has 1 heterocycles. The Labute approximate surface area is 109 Å². The molecular formula is C12H24N4O2. The summed E-state index contributed by atoms with van der Waals surface area (Å²) < 4.78 is 12.3. The molecule has 6 nitrogen and oxygen atoms in total. The van der Waals surface area contributed by atoms with Gasteiger partial charge in [0, 0.05) is 47.1 Å². The van der Waals surface area contributed by atoms with Crippen molar-refractivity contribution in [1.29, 1.82) is 0 Å². The Balaban J connectivity index is 2.75. The lowest BCUT2D eigenvalue weighted by molar-refractivity contribution is 0.0871. The Morgan fingerprint density at radius 2 is 1.94 bits per heavy atom. The molecule has 0 amide bonds. The molecule has 1 aromatic rings. The fourth-order valence-electron chi connectivity index (χ4n) is 1.99. The molecule has 0 aliphatic heterocycles. The van der Waals surface area contributed by atoms with E-state index in [1.807, 2.05) is 17.8 Å². The van der Waals surface area contributed by atoms with Crippen molar-refractivity contribution in [2.24, 2.45) is 12.8 Å². The van der Waals surface area contributed by atoms with Crippen LogP contribution in [-0.2, 0) is 16.5 Å². The van der Waals surface area contributed by atoms with Crippen molar-refractivity contribution in [1.82, 2.24) is 14.5 Å². The van der Waals surface area contributed by atoms with Gasteiger partial charge in [-0.2, -0.15) is 0 Å². The number of methoxy groups -OCH3 is 2. The Bertz CT molecular complexity index is 322. The van der Waals surface area contributed by atoms with Crippen LogP contribution in [-0.4, -0.2) is 61.5 Å². The van der Waals surface area contributed by atoms with Crippen LogP contribution in [0.3, 0.4) is 0 Å². The van der Waals surface area contributed by atoms with Gasteiger partial charge in [-0.15, -0.1) is 0 Å². The van der Waals surface area contributed by atoms with Gasteiger partial charge in [0.2, 0.25) is 0 Å². The van der Waals surface area contributed by atoms with Crippen molar-refractivity contribution >= 4 is 0 Å². The molecule has 1 aromatic heterocycles. The Hall–Kier alpha value is -0.950. The first-order valence-electron chi connectivity index (χ1n) is 6.12. The van der Waals surface area contributed by atoms with Gasteiger partial charge < -0.3 is 19.8 Å². The topological polar surface area (TPSA) is 65.5 Å². The zero-order chi connectivity index (χ0) is 13.4. The average molecular weight is 256 g/mol. The van der Waals surface area contributed by atoms with Crippen LogP contribution in [0.2, 0.25) is 0 Å². The zero-order valence-electron chi connectivity index (χ0n) is 11.5. The molecule has 0 aromatic carbocycles. The molecule has 1 unspecified atom stereocenters. The molecule has 1 atom stereocenters. The highest BCUT2D eigenvalue weighted by Crippen LogP contribution is 2.18. The number of hydrogen-bond donors (Lipinski definition) is 1.